The highest BCUT2D eigenvalue weighted by Crippen LogP contribution is 2.41. The first-order valence-electron chi connectivity index (χ1n) is 16.5. The van der Waals surface area contributed by atoms with E-state index in [2.05, 4.69) is 15.5 Å². The lowest BCUT2D eigenvalue weighted by atomic mass is 9.76. The second-order valence-corrected chi connectivity index (χ2v) is 14.3. The number of hydrogen-bond acceptors (Lipinski definition) is 10. The van der Waals surface area contributed by atoms with E-state index in [-0.39, 0.29) is 48.1 Å². The number of alkyl halides is 2. The zero-order valence-corrected chi connectivity index (χ0v) is 26.1. The topological polar surface area (TPSA) is 141 Å². The predicted octanol–water partition coefficient (Wildman–Crippen LogP) is -0.162. The predicted molar refractivity (Wildman–Crippen MR) is 160 cm³/mol. The van der Waals surface area contributed by atoms with Crippen LogP contribution in [0.15, 0.2) is 0 Å². The third-order valence-electron chi connectivity index (χ3n) is 10.7. The summed E-state index contributed by atoms with van der Waals surface area (Å²) >= 11 is 6.16. The van der Waals surface area contributed by atoms with E-state index < -0.39 is 31.1 Å². The van der Waals surface area contributed by atoms with Crippen LogP contribution < -0.4 is 10.6 Å². The third kappa shape index (κ3) is 8.38. The molecule has 1 saturated carbocycles. The van der Waals surface area contributed by atoms with Crippen molar-refractivity contribution in [2.45, 2.75) is 106 Å². The Morgan fingerprint density at radius 2 is 1.77 bits per heavy atom. The number of halogens is 2. The number of likely N-dealkylation sites (tertiary alicyclic amines) is 3. The van der Waals surface area contributed by atoms with Crippen LogP contribution in [0.4, 0.5) is 4.39 Å². The van der Waals surface area contributed by atoms with Gasteiger partial charge in [0, 0.05) is 71.8 Å². The van der Waals surface area contributed by atoms with Crippen molar-refractivity contribution < 1.29 is 34.3 Å². The molecular weight excluding hydrogens is 581 g/mol. The zero-order chi connectivity index (χ0) is 30.6. The second kappa shape index (κ2) is 15.3. The molecule has 43 heavy (non-hydrogen) atoms. The lowest BCUT2D eigenvalue weighted by Crippen LogP contribution is -2.78. The van der Waals surface area contributed by atoms with Gasteiger partial charge in [0.2, 0.25) is 5.91 Å². The van der Waals surface area contributed by atoms with Gasteiger partial charge in [0.15, 0.2) is 0 Å². The quantitative estimate of drug-likeness (QED) is 0.120. The maximum absolute atomic E-state index is 15.1. The van der Waals surface area contributed by atoms with Gasteiger partial charge in [-0.2, -0.15) is 0 Å². The Labute approximate surface area is 260 Å². The molecule has 0 aromatic heterocycles. The molecule has 0 bridgehead atoms. The number of hydrogen-bond donors (Lipinski definition) is 6. The van der Waals surface area contributed by atoms with Crippen molar-refractivity contribution in [3.63, 3.8) is 0 Å². The molecule has 1 spiro atoms. The van der Waals surface area contributed by atoms with Gasteiger partial charge in [0.25, 0.3) is 0 Å². The van der Waals surface area contributed by atoms with Crippen molar-refractivity contribution in [3.8, 4) is 0 Å². The summed E-state index contributed by atoms with van der Waals surface area (Å²) in [7, 11) is 0. The summed E-state index contributed by atoms with van der Waals surface area (Å²) in [5.41, 5.74) is -0.212. The molecule has 5 aliphatic rings. The van der Waals surface area contributed by atoms with Crippen LogP contribution in [0.1, 0.15) is 57.8 Å². The molecule has 11 nitrogen and oxygen atoms in total. The Kier molecular flexibility index (Phi) is 12.0. The number of nitrogens with zero attached hydrogens (tertiary/aromatic N) is 3. The molecule has 0 aromatic carbocycles. The van der Waals surface area contributed by atoms with E-state index in [0.29, 0.717) is 38.5 Å². The molecule has 1 aliphatic carbocycles. The van der Waals surface area contributed by atoms with E-state index in [9.17, 15) is 20.1 Å². The van der Waals surface area contributed by atoms with Crippen molar-refractivity contribution in [1.29, 1.82) is 0 Å². The zero-order valence-electron chi connectivity index (χ0n) is 25.3. The summed E-state index contributed by atoms with van der Waals surface area (Å²) in [6.45, 7) is 5.86. The van der Waals surface area contributed by atoms with Crippen LogP contribution >= 0.6 is 11.6 Å². The summed E-state index contributed by atoms with van der Waals surface area (Å²) in [6.07, 6.45) is 2.55. The van der Waals surface area contributed by atoms with Crippen LogP contribution in [0.5, 0.6) is 0 Å². The van der Waals surface area contributed by atoms with Gasteiger partial charge < -0.3 is 30.1 Å². The number of piperidine rings is 1. The van der Waals surface area contributed by atoms with Crippen LogP contribution in [-0.2, 0) is 9.53 Å². The maximum atomic E-state index is 15.1. The van der Waals surface area contributed by atoms with Gasteiger partial charge in [0.05, 0.1) is 29.7 Å². The molecule has 1 amide bonds. The minimum absolute atomic E-state index is 0.0230. The molecule has 4 saturated heterocycles. The van der Waals surface area contributed by atoms with Gasteiger partial charge in [-0.25, -0.2) is 4.39 Å². The fraction of sp³-hybridized carbons (Fsp3) is 0.967. The van der Waals surface area contributed by atoms with Crippen LogP contribution in [0.2, 0.25) is 0 Å². The Bertz CT molecular complexity index is 889. The maximum Gasteiger partial charge on any atom is 0.223 e. The number of carbonyl (C=O) groups is 1. The number of aliphatic hydroxyl groups is 4. The highest BCUT2D eigenvalue weighted by atomic mass is 35.5. The minimum atomic E-state index is -1.42. The van der Waals surface area contributed by atoms with Crippen LogP contribution in [0.25, 0.3) is 0 Å². The average molecular weight is 634 g/mol. The van der Waals surface area contributed by atoms with Gasteiger partial charge in [-0.1, -0.05) is 0 Å². The van der Waals surface area contributed by atoms with Crippen molar-refractivity contribution in [3.05, 3.63) is 0 Å². The molecular formula is C30H53ClFN5O6. The fourth-order valence-corrected chi connectivity index (χ4v) is 7.83. The largest absolute Gasteiger partial charge is 0.394 e. The van der Waals surface area contributed by atoms with E-state index in [4.69, 9.17) is 21.4 Å². The smallest absolute Gasteiger partial charge is 0.223 e. The summed E-state index contributed by atoms with van der Waals surface area (Å²) in [5.74, 6) is 0.417. The van der Waals surface area contributed by atoms with Gasteiger partial charge in [-0.3, -0.25) is 25.2 Å². The van der Waals surface area contributed by atoms with E-state index in [1.54, 1.807) is 4.90 Å². The molecule has 0 aromatic rings. The number of rotatable bonds is 13. The van der Waals surface area contributed by atoms with Crippen LogP contribution in [0.3, 0.4) is 0 Å². The van der Waals surface area contributed by atoms with Crippen LogP contribution in [-0.4, -0.2) is 154 Å². The Morgan fingerprint density at radius 3 is 2.40 bits per heavy atom. The molecule has 6 N–H and O–H groups in total. The summed E-state index contributed by atoms with van der Waals surface area (Å²) < 4.78 is 21.2. The monoisotopic (exact) mass is 633 g/mol. The second-order valence-electron chi connectivity index (χ2n) is 13.7. The molecule has 0 radical (unpaired) electrons. The number of nitrogens with one attached hydrogen (secondary N) is 2. The molecule has 4 aliphatic heterocycles. The Morgan fingerprint density at radius 1 is 1.05 bits per heavy atom. The number of carbonyl (C=O) groups excluding carboxylic acids is 1. The van der Waals surface area contributed by atoms with E-state index >= 15 is 4.39 Å². The Balaban J connectivity index is 0.924. The first-order valence-corrected chi connectivity index (χ1v) is 16.9. The van der Waals surface area contributed by atoms with Crippen LogP contribution in [0, 0.1) is 11.8 Å². The Hall–Kier alpha value is -0.670. The van der Waals surface area contributed by atoms with Gasteiger partial charge in [-0.05, 0) is 56.8 Å². The highest BCUT2D eigenvalue weighted by Gasteiger charge is 2.55. The number of aliphatic hydroxyl groups excluding tert-OH is 4. The number of amides is 1. The molecule has 6 atom stereocenters. The lowest BCUT2D eigenvalue weighted by Gasteiger charge is -2.63. The van der Waals surface area contributed by atoms with Crippen molar-refractivity contribution in [2.75, 3.05) is 65.6 Å². The standard InChI is InChI=1S/C30H53ClFN5O6/c31-22-14-33-29(34-15-22)35-8-5-20(6-9-35)2-1-11-43-23-4-3-21(24(32)13-23)12-27(41)36-18-30(19-36)7-10-37(30)16-25(39)28(42)26(40)17-38/h20-26,28-29,33-34,38-40,42H,1-19H2/t21?,22?,23?,24?,25-,26+,28-,29?/m0/s1. The highest BCUT2D eigenvalue weighted by molar-refractivity contribution is 6.21. The molecule has 5 rings (SSSR count). The molecule has 13 heteroatoms. The summed E-state index contributed by atoms with van der Waals surface area (Å²) in [6, 6.07) is 0. The molecule has 248 valence electrons. The third-order valence-corrected chi connectivity index (χ3v) is 11.0. The van der Waals surface area contributed by atoms with Gasteiger partial charge >= 0.3 is 0 Å². The van der Waals surface area contributed by atoms with Crippen molar-refractivity contribution in [1.82, 2.24) is 25.3 Å². The summed E-state index contributed by atoms with van der Waals surface area (Å²) in [4.78, 5) is 19.2. The van der Waals surface area contributed by atoms with E-state index in [1.807, 2.05) is 4.90 Å². The van der Waals surface area contributed by atoms with Gasteiger partial charge in [-0.15, -0.1) is 11.6 Å². The van der Waals surface area contributed by atoms with Crippen molar-refractivity contribution >= 4 is 17.5 Å². The lowest BCUT2D eigenvalue weighted by molar-refractivity contribution is -0.172. The number of ether oxygens (including phenoxy) is 1. The minimum Gasteiger partial charge on any atom is -0.394 e. The molecule has 5 fully saturated rings. The normalized spacial score (nSPS) is 34.4. The van der Waals surface area contributed by atoms with Crippen molar-refractivity contribution in [2.24, 2.45) is 11.8 Å². The molecule has 3 unspecified atom stereocenters. The fourth-order valence-electron chi connectivity index (χ4n) is 7.65. The first-order chi connectivity index (χ1) is 20.7. The van der Waals surface area contributed by atoms with E-state index in [0.717, 1.165) is 58.4 Å². The number of β-amino-alcohol motifs (C(OH)–C–C–N with tert-alkyl or cyclic N) is 1. The summed E-state index contributed by atoms with van der Waals surface area (Å²) in [5, 5.41) is 45.9. The molecule has 4 heterocycles. The van der Waals surface area contributed by atoms with E-state index in [1.165, 1.54) is 12.8 Å². The SMILES string of the molecule is O=C(CC1CCC(OCCCC2CCN(C3NCC(Cl)CN3)CC2)CC1F)N1CC2(CCN2C[C@H](O)[C@H](O)[C@H](O)CO)C1. The van der Waals surface area contributed by atoms with Gasteiger partial charge in [0.1, 0.15) is 24.7 Å². The average Bonchev–Trinajstić information content (AvgIpc) is 2.98. The first kappa shape index (κ1) is 33.7.